The minimum atomic E-state index is 0.659. The Labute approximate surface area is 102 Å². The number of aromatic nitrogens is 1. The number of pyridine rings is 1. The van der Waals surface area contributed by atoms with Gasteiger partial charge in [-0.05, 0) is 26.0 Å². The summed E-state index contributed by atoms with van der Waals surface area (Å²) >= 11 is 0. The lowest BCUT2D eigenvalue weighted by atomic mass is 10.1. The van der Waals surface area contributed by atoms with Crippen LogP contribution in [-0.2, 0) is 0 Å². The molecule has 3 heteroatoms. The molecule has 0 atom stereocenters. The number of hydrogen-bond acceptors (Lipinski definition) is 3. The van der Waals surface area contributed by atoms with Crippen LogP contribution in [0.5, 0.6) is 5.75 Å². The minimum absolute atomic E-state index is 0.659. The zero-order valence-corrected chi connectivity index (χ0v) is 10.8. The molecule has 0 saturated heterocycles. The zero-order valence-electron chi connectivity index (χ0n) is 10.8. The van der Waals surface area contributed by atoms with E-state index in [-0.39, 0.29) is 0 Å². The summed E-state index contributed by atoms with van der Waals surface area (Å²) in [6, 6.07) is 8.16. The summed E-state index contributed by atoms with van der Waals surface area (Å²) in [4.78, 5) is 6.69. The van der Waals surface area contributed by atoms with E-state index in [9.17, 15) is 0 Å². The van der Waals surface area contributed by atoms with Crippen LogP contribution in [0.25, 0.3) is 10.9 Å². The molecule has 3 nitrogen and oxygen atoms in total. The molecule has 0 saturated carbocycles. The summed E-state index contributed by atoms with van der Waals surface area (Å²) < 4.78 is 5.63. The van der Waals surface area contributed by atoms with Crippen LogP contribution in [0.2, 0.25) is 0 Å². The van der Waals surface area contributed by atoms with Crippen molar-refractivity contribution in [2.24, 2.45) is 0 Å². The zero-order chi connectivity index (χ0) is 12.4. The summed E-state index contributed by atoms with van der Waals surface area (Å²) in [6.45, 7) is 4.66. The number of rotatable bonds is 3. The maximum atomic E-state index is 5.63. The maximum Gasteiger partial charge on any atom is 0.145 e. The summed E-state index contributed by atoms with van der Waals surface area (Å²) in [6.07, 6.45) is 0. The maximum absolute atomic E-state index is 5.63. The fourth-order valence-electron chi connectivity index (χ4n) is 1.97. The third kappa shape index (κ3) is 2.18. The number of para-hydroxylation sites is 1. The predicted molar refractivity (Wildman–Crippen MR) is 72.0 cm³/mol. The standard InChI is InChI=1S/C14H18N2O/c1-5-17-13-8-6-7-11-12(16(3)4)9-10(2)15-14(11)13/h6-9H,5H2,1-4H3. The van der Waals surface area contributed by atoms with Crippen molar-refractivity contribution in [2.75, 3.05) is 25.6 Å². The van der Waals surface area contributed by atoms with Crippen LogP contribution in [0.4, 0.5) is 5.69 Å². The Hall–Kier alpha value is -1.77. The molecule has 2 rings (SSSR count). The van der Waals surface area contributed by atoms with Crippen molar-refractivity contribution in [1.82, 2.24) is 4.98 Å². The Morgan fingerprint density at radius 1 is 1.29 bits per heavy atom. The van der Waals surface area contributed by atoms with Gasteiger partial charge in [-0.1, -0.05) is 12.1 Å². The first-order valence-corrected chi connectivity index (χ1v) is 5.84. The van der Waals surface area contributed by atoms with Crippen LogP contribution in [0.15, 0.2) is 24.3 Å². The van der Waals surface area contributed by atoms with Gasteiger partial charge in [0.25, 0.3) is 0 Å². The van der Waals surface area contributed by atoms with E-state index in [1.165, 1.54) is 5.69 Å². The second-order valence-corrected chi connectivity index (χ2v) is 4.26. The number of ether oxygens (including phenoxy) is 1. The monoisotopic (exact) mass is 230 g/mol. The fourth-order valence-corrected chi connectivity index (χ4v) is 1.97. The van der Waals surface area contributed by atoms with E-state index in [2.05, 4.69) is 22.0 Å². The average Bonchev–Trinajstić information content (AvgIpc) is 2.29. The molecule has 0 N–H and O–H groups in total. The van der Waals surface area contributed by atoms with Crippen LogP contribution >= 0.6 is 0 Å². The van der Waals surface area contributed by atoms with Crippen molar-refractivity contribution in [3.8, 4) is 5.75 Å². The molecule has 1 heterocycles. The molecule has 0 unspecified atom stereocenters. The van der Waals surface area contributed by atoms with E-state index in [4.69, 9.17) is 4.74 Å². The van der Waals surface area contributed by atoms with Crippen LogP contribution < -0.4 is 9.64 Å². The molecule has 0 spiro atoms. The van der Waals surface area contributed by atoms with Crippen LogP contribution in [0, 0.1) is 6.92 Å². The van der Waals surface area contributed by atoms with E-state index in [1.807, 2.05) is 40.1 Å². The van der Waals surface area contributed by atoms with Gasteiger partial charge in [0.2, 0.25) is 0 Å². The summed E-state index contributed by atoms with van der Waals surface area (Å²) in [5.41, 5.74) is 3.13. The summed E-state index contributed by atoms with van der Waals surface area (Å²) in [7, 11) is 4.09. The van der Waals surface area contributed by atoms with E-state index in [0.717, 1.165) is 22.3 Å². The van der Waals surface area contributed by atoms with E-state index in [1.54, 1.807) is 0 Å². The highest BCUT2D eigenvalue weighted by Gasteiger charge is 2.09. The SMILES string of the molecule is CCOc1cccc2c(N(C)C)cc(C)nc12. The predicted octanol–water partition coefficient (Wildman–Crippen LogP) is 3.01. The largest absolute Gasteiger partial charge is 0.492 e. The van der Waals surface area contributed by atoms with Crippen molar-refractivity contribution in [3.05, 3.63) is 30.0 Å². The quantitative estimate of drug-likeness (QED) is 0.810. The van der Waals surface area contributed by atoms with Gasteiger partial charge in [0.1, 0.15) is 11.3 Å². The number of benzene rings is 1. The molecule has 0 aliphatic rings. The molecule has 1 aromatic heterocycles. The smallest absolute Gasteiger partial charge is 0.145 e. The Morgan fingerprint density at radius 3 is 2.71 bits per heavy atom. The fraction of sp³-hybridized carbons (Fsp3) is 0.357. The van der Waals surface area contributed by atoms with Crippen molar-refractivity contribution < 1.29 is 4.74 Å². The summed E-state index contributed by atoms with van der Waals surface area (Å²) in [5, 5.41) is 1.13. The van der Waals surface area contributed by atoms with Gasteiger partial charge in [-0.15, -0.1) is 0 Å². The average molecular weight is 230 g/mol. The highest BCUT2D eigenvalue weighted by molar-refractivity contribution is 5.95. The van der Waals surface area contributed by atoms with Crippen molar-refractivity contribution in [2.45, 2.75) is 13.8 Å². The van der Waals surface area contributed by atoms with E-state index in [0.29, 0.717) is 6.61 Å². The van der Waals surface area contributed by atoms with Crippen LogP contribution in [-0.4, -0.2) is 25.7 Å². The van der Waals surface area contributed by atoms with Gasteiger partial charge in [0.15, 0.2) is 0 Å². The number of aryl methyl sites for hydroxylation is 1. The molecule has 17 heavy (non-hydrogen) atoms. The first-order chi connectivity index (χ1) is 8.13. The van der Waals surface area contributed by atoms with E-state index >= 15 is 0 Å². The lowest BCUT2D eigenvalue weighted by Crippen LogP contribution is -2.10. The lowest BCUT2D eigenvalue weighted by molar-refractivity contribution is 0.343. The Balaban J connectivity index is 2.73. The molecule has 2 aromatic rings. The number of hydrogen-bond donors (Lipinski definition) is 0. The Kier molecular flexibility index (Phi) is 3.18. The van der Waals surface area contributed by atoms with Crippen molar-refractivity contribution in [3.63, 3.8) is 0 Å². The first-order valence-electron chi connectivity index (χ1n) is 5.84. The van der Waals surface area contributed by atoms with Gasteiger partial charge in [-0.3, -0.25) is 0 Å². The first kappa shape index (κ1) is 11.7. The molecular weight excluding hydrogens is 212 g/mol. The minimum Gasteiger partial charge on any atom is -0.492 e. The number of anilines is 1. The van der Waals surface area contributed by atoms with Crippen molar-refractivity contribution >= 4 is 16.6 Å². The van der Waals surface area contributed by atoms with Gasteiger partial charge < -0.3 is 9.64 Å². The third-order valence-electron chi connectivity index (χ3n) is 2.69. The summed E-state index contributed by atoms with van der Waals surface area (Å²) in [5.74, 6) is 0.858. The molecule has 90 valence electrons. The molecule has 0 aliphatic carbocycles. The molecule has 0 radical (unpaired) electrons. The van der Waals surface area contributed by atoms with Crippen molar-refractivity contribution in [1.29, 1.82) is 0 Å². The third-order valence-corrected chi connectivity index (χ3v) is 2.69. The van der Waals surface area contributed by atoms with Gasteiger partial charge in [0, 0.05) is 30.9 Å². The molecule has 1 aromatic carbocycles. The molecule has 0 fully saturated rings. The second kappa shape index (κ2) is 4.62. The van der Waals surface area contributed by atoms with Gasteiger partial charge in [0.05, 0.1) is 6.61 Å². The molecule has 0 aliphatic heterocycles. The molecule has 0 amide bonds. The van der Waals surface area contributed by atoms with E-state index < -0.39 is 0 Å². The van der Waals surface area contributed by atoms with Crippen LogP contribution in [0.3, 0.4) is 0 Å². The molecule has 0 bridgehead atoms. The highest BCUT2D eigenvalue weighted by Crippen LogP contribution is 2.31. The lowest BCUT2D eigenvalue weighted by Gasteiger charge is -2.17. The topological polar surface area (TPSA) is 25.4 Å². The van der Waals surface area contributed by atoms with Gasteiger partial charge in [-0.2, -0.15) is 0 Å². The van der Waals surface area contributed by atoms with Crippen LogP contribution in [0.1, 0.15) is 12.6 Å². The Morgan fingerprint density at radius 2 is 2.06 bits per heavy atom. The second-order valence-electron chi connectivity index (χ2n) is 4.26. The van der Waals surface area contributed by atoms with Gasteiger partial charge >= 0.3 is 0 Å². The molecular formula is C14H18N2O. The van der Waals surface area contributed by atoms with Gasteiger partial charge in [-0.25, -0.2) is 4.98 Å². The highest BCUT2D eigenvalue weighted by atomic mass is 16.5. The normalized spacial score (nSPS) is 10.6. The Bertz CT molecular complexity index is 535. The number of nitrogens with zero attached hydrogens (tertiary/aromatic N) is 2. The number of fused-ring (bicyclic) bond motifs is 1.